The third kappa shape index (κ3) is 6.51. The van der Waals surface area contributed by atoms with Crippen LogP contribution in [0.1, 0.15) is 30.7 Å². The minimum atomic E-state index is -0.641. The molecule has 4 heterocycles. The zero-order valence-electron chi connectivity index (χ0n) is 26.0. The van der Waals surface area contributed by atoms with E-state index < -0.39 is 6.67 Å². The molecule has 1 atom stereocenters. The lowest BCUT2D eigenvalue weighted by molar-refractivity contribution is -0.126. The normalized spacial score (nSPS) is 19.7. The van der Waals surface area contributed by atoms with E-state index in [0.717, 1.165) is 43.1 Å². The number of aryl methyl sites for hydroxylation is 1. The Hall–Kier alpha value is -3.76. The van der Waals surface area contributed by atoms with Crippen LogP contribution in [-0.4, -0.2) is 104 Å². The molecule has 0 aliphatic carbocycles. The molecule has 9 nitrogen and oxygen atoms in total. The summed E-state index contributed by atoms with van der Waals surface area (Å²) in [5, 5.41) is 2.51. The second kappa shape index (κ2) is 13.5. The summed E-state index contributed by atoms with van der Waals surface area (Å²) in [6.07, 6.45) is 3.35. The number of alkyl halides is 1. The predicted molar refractivity (Wildman–Crippen MR) is 171 cm³/mol. The van der Waals surface area contributed by atoms with Gasteiger partial charge >= 0.3 is 6.01 Å². The molecule has 3 aromatic rings. The van der Waals surface area contributed by atoms with Crippen molar-refractivity contribution in [2.24, 2.45) is 0 Å². The lowest BCUT2D eigenvalue weighted by Gasteiger charge is -2.38. The Bertz CT molecular complexity index is 1500. The molecule has 1 amide bonds. The molecule has 6 rings (SSSR count). The van der Waals surface area contributed by atoms with Crippen LogP contribution in [0.2, 0.25) is 0 Å². The van der Waals surface area contributed by atoms with E-state index in [9.17, 15) is 9.18 Å². The number of rotatable bonds is 8. The van der Waals surface area contributed by atoms with Gasteiger partial charge in [0.15, 0.2) is 0 Å². The monoisotopic (exact) mass is 602 g/mol. The van der Waals surface area contributed by atoms with Crippen molar-refractivity contribution in [2.45, 2.75) is 45.9 Å². The van der Waals surface area contributed by atoms with Crippen LogP contribution in [0.15, 0.2) is 48.6 Å². The van der Waals surface area contributed by atoms with E-state index in [1.54, 1.807) is 4.90 Å². The van der Waals surface area contributed by atoms with Crippen LogP contribution in [0.25, 0.3) is 10.8 Å². The van der Waals surface area contributed by atoms with Crippen molar-refractivity contribution in [1.29, 1.82) is 0 Å². The van der Waals surface area contributed by atoms with Gasteiger partial charge in [-0.1, -0.05) is 30.3 Å². The van der Waals surface area contributed by atoms with Crippen molar-refractivity contribution in [3.8, 4) is 6.01 Å². The SMILES string of the molecule is Cc1cccc2cccc(N3CCc4c(nc(OCC5CN(C(C)C)CCO5)nc4N4CCN(C(=O)/C=C/CF)CC4)C3)c12. The molecule has 234 valence electrons. The van der Waals surface area contributed by atoms with Crippen molar-refractivity contribution in [2.75, 3.05) is 75.5 Å². The molecule has 2 saturated heterocycles. The van der Waals surface area contributed by atoms with Gasteiger partial charge in [-0.15, -0.1) is 0 Å². The highest BCUT2D eigenvalue weighted by molar-refractivity contribution is 5.97. The fourth-order valence-corrected chi connectivity index (χ4v) is 6.56. The van der Waals surface area contributed by atoms with Gasteiger partial charge in [0.05, 0.1) is 18.8 Å². The Labute approximate surface area is 259 Å². The molecule has 3 aliphatic heterocycles. The molecule has 44 heavy (non-hydrogen) atoms. The number of nitrogens with zero attached hydrogens (tertiary/aromatic N) is 6. The summed E-state index contributed by atoms with van der Waals surface area (Å²) in [7, 11) is 0. The highest BCUT2D eigenvalue weighted by Crippen LogP contribution is 2.35. The molecule has 1 unspecified atom stereocenters. The fourth-order valence-electron chi connectivity index (χ4n) is 6.56. The Morgan fingerprint density at radius 1 is 1.07 bits per heavy atom. The summed E-state index contributed by atoms with van der Waals surface area (Å²) < 4.78 is 24.9. The van der Waals surface area contributed by atoms with Gasteiger partial charge in [0.25, 0.3) is 0 Å². The summed E-state index contributed by atoms with van der Waals surface area (Å²) in [6, 6.07) is 13.8. The highest BCUT2D eigenvalue weighted by atomic mass is 19.1. The first-order chi connectivity index (χ1) is 21.4. The Morgan fingerprint density at radius 2 is 1.86 bits per heavy atom. The second-order valence-electron chi connectivity index (χ2n) is 12.1. The molecule has 0 bridgehead atoms. The zero-order chi connectivity index (χ0) is 30.6. The predicted octanol–water partition coefficient (Wildman–Crippen LogP) is 4.16. The molecule has 3 aliphatic rings. The molecular weight excluding hydrogens is 559 g/mol. The van der Waals surface area contributed by atoms with Gasteiger partial charge in [0.2, 0.25) is 5.91 Å². The van der Waals surface area contributed by atoms with Crippen LogP contribution in [0.3, 0.4) is 0 Å². The number of fused-ring (bicyclic) bond motifs is 2. The van der Waals surface area contributed by atoms with Crippen molar-refractivity contribution in [3.05, 3.63) is 65.4 Å². The van der Waals surface area contributed by atoms with Gasteiger partial charge in [-0.2, -0.15) is 9.97 Å². The first-order valence-electron chi connectivity index (χ1n) is 15.8. The van der Waals surface area contributed by atoms with Crippen LogP contribution in [0.4, 0.5) is 15.9 Å². The topological polar surface area (TPSA) is 74.3 Å². The average Bonchev–Trinajstić information content (AvgIpc) is 3.05. The van der Waals surface area contributed by atoms with E-state index in [-0.39, 0.29) is 12.0 Å². The molecule has 0 N–H and O–H groups in total. The first kappa shape index (κ1) is 30.3. The Balaban J connectivity index is 1.26. The number of carbonyl (C=O) groups excluding carboxylic acids is 1. The number of halogens is 1. The number of ether oxygens (including phenoxy) is 2. The number of amides is 1. The number of hydrogen-bond donors (Lipinski definition) is 0. The largest absolute Gasteiger partial charge is 0.461 e. The number of benzene rings is 2. The van der Waals surface area contributed by atoms with Gasteiger partial charge in [-0.25, -0.2) is 4.39 Å². The van der Waals surface area contributed by atoms with Crippen LogP contribution >= 0.6 is 0 Å². The third-order valence-corrected chi connectivity index (χ3v) is 8.99. The Kier molecular flexibility index (Phi) is 9.28. The van der Waals surface area contributed by atoms with E-state index in [1.807, 2.05) is 0 Å². The van der Waals surface area contributed by atoms with Crippen molar-refractivity contribution in [3.63, 3.8) is 0 Å². The third-order valence-electron chi connectivity index (χ3n) is 8.99. The second-order valence-corrected chi connectivity index (χ2v) is 12.1. The summed E-state index contributed by atoms with van der Waals surface area (Å²) in [4.78, 5) is 31.2. The summed E-state index contributed by atoms with van der Waals surface area (Å²) in [6.45, 7) is 12.6. The number of allylic oxidation sites excluding steroid dienone is 1. The standard InChI is InChI=1S/C34H43FN6O3/c1-24(2)40-19-20-43-27(21-40)23-44-34-36-29-22-41(30-10-5-9-26-8-4-7-25(3)32(26)30)14-12-28(29)33(37-34)39-17-15-38(16-18-39)31(42)11-6-13-35/h4-11,24,27H,12-23H2,1-3H3/b11-6+. The molecule has 0 saturated carbocycles. The number of carbonyl (C=O) groups is 1. The maximum atomic E-state index is 12.6. The quantitative estimate of drug-likeness (QED) is 0.356. The van der Waals surface area contributed by atoms with Gasteiger partial charge in [0, 0.05) is 74.6 Å². The lowest BCUT2D eigenvalue weighted by Crippen LogP contribution is -2.49. The Morgan fingerprint density at radius 3 is 2.64 bits per heavy atom. The summed E-state index contributed by atoms with van der Waals surface area (Å²) >= 11 is 0. The van der Waals surface area contributed by atoms with E-state index in [1.165, 1.54) is 34.2 Å². The lowest BCUT2D eigenvalue weighted by atomic mass is 9.99. The van der Waals surface area contributed by atoms with E-state index >= 15 is 0 Å². The number of aromatic nitrogens is 2. The number of anilines is 2. The molecule has 0 spiro atoms. The van der Waals surface area contributed by atoms with Crippen LogP contribution in [0, 0.1) is 6.92 Å². The fraction of sp³-hybridized carbons (Fsp3) is 0.500. The van der Waals surface area contributed by atoms with E-state index in [2.05, 4.69) is 71.9 Å². The van der Waals surface area contributed by atoms with Gasteiger partial charge in [0.1, 0.15) is 25.2 Å². The maximum Gasteiger partial charge on any atom is 0.318 e. The van der Waals surface area contributed by atoms with Crippen LogP contribution in [0.5, 0.6) is 6.01 Å². The highest BCUT2D eigenvalue weighted by Gasteiger charge is 2.30. The summed E-state index contributed by atoms with van der Waals surface area (Å²) in [5.74, 6) is 0.735. The van der Waals surface area contributed by atoms with E-state index in [4.69, 9.17) is 19.4 Å². The molecular formula is C34H43FN6O3. The van der Waals surface area contributed by atoms with Crippen LogP contribution < -0.4 is 14.5 Å². The average molecular weight is 603 g/mol. The molecule has 1 aromatic heterocycles. The molecule has 10 heteroatoms. The zero-order valence-corrected chi connectivity index (χ0v) is 26.0. The van der Waals surface area contributed by atoms with Crippen molar-refractivity contribution >= 4 is 28.2 Å². The minimum Gasteiger partial charge on any atom is -0.461 e. The first-order valence-corrected chi connectivity index (χ1v) is 15.8. The van der Waals surface area contributed by atoms with Gasteiger partial charge in [-0.05, 0) is 50.3 Å². The van der Waals surface area contributed by atoms with Crippen molar-refractivity contribution in [1.82, 2.24) is 19.8 Å². The van der Waals surface area contributed by atoms with Gasteiger partial charge < -0.3 is 24.2 Å². The summed E-state index contributed by atoms with van der Waals surface area (Å²) in [5.41, 5.74) is 4.59. The van der Waals surface area contributed by atoms with Crippen molar-refractivity contribution < 1.29 is 18.7 Å². The number of hydrogen-bond acceptors (Lipinski definition) is 8. The number of morpholine rings is 1. The molecule has 2 fully saturated rings. The van der Waals surface area contributed by atoms with Gasteiger partial charge in [-0.3, -0.25) is 9.69 Å². The maximum absolute atomic E-state index is 12.6. The minimum absolute atomic E-state index is 0.0451. The smallest absolute Gasteiger partial charge is 0.318 e. The molecule has 2 aromatic carbocycles. The molecule has 0 radical (unpaired) electrons. The van der Waals surface area contributed by atoms with E-state index in [0.29, 0.717) is 58.0 Å². The number of piperazine rings is 1. The van der Waals surface area contributed by atoms with Crippen LogP contribution in [-0.2, 0) is 22.5 Å².